The van der Waals surface area contributed by atoms with E-state index in [0.717, 1.165) is 16.7 Å². The van der Waals surface area contributed by atoms with Gasteiger partial charge in [0.1, 0.15) is 17.6 Å². The molecule has 0 saturated carbocycles. The lowest BCUT2D eigenvalue weighted by molar-refractivity contribution is -0.126. The largest absolute Gasteiger partial charge is 0.394 e. The summed E-state index contributed by atoms with van der Waals surface area (Å²) in [5.41, 5.74) is 4.10. The zero-order valence-electron chi connectivity index (χ0n) is 20.7. The minimum atomic E-state index is -0.750. The van der Waals surface area contributed by atoms with Crippen molar-refractivity contribution in [3.05, 3.63) is 76.1 Å². The Morgan fingerprint density at radius 2 is 1.97 bits per heavy atom. The molecule has 3 heterocycles. The van der Waals surface area contributed by atoms with E-state index in [-0.39, 0.29) is 31.0 Å². The van der Waals surface area contributed by atoms with Crippen molar-refractivity contribution in [1.29, 1.82) is 0 Å². The number of hydrogen-bond donors (Lipinski definition) is 3. The fraction of sp³-hybridized carbons (Fsp3) is 0.333. The predicted molar refractivity (Wildman–Crippen MR) is 140 cm³/mol. The highest BCUT2D eigenvalue weighted by Gasteiger charge is 2.36. The first kappa shape index (κ1) is 25.6. The number of nitrogens with one attached hydrogen (secondary N) is 2. The number of aromatic nitrogens is 2. The van der Waals surface area contributed by atoms with Crippen LogP contribution >= 0.6 is 11.6 Å². The number of amides is 2. The van der Waals surface area contributed by atoms with Crippen molar-refractivity contribution < 1.29 is 14.7 Å². The van der Waals surface area contributed by atoms with Crippen molar-refractivity contribution >= 4 is 29.2 Å². The Balaban J connectivity index is 1.52. The van der Waals surface area contributed by atoms with E-state index in [9.17, 15) is 14.7 Å². The van der Waals surface area contributed by atoms with Crippen molar-refractivity contribution in [3.63, 3.8) is 0 Å². The summed E-state index contributed by atoms with van der Waals surface area (Å²) in [4.78, 5) is 36.7. The molecular weight excluding hydrogens is 478 g/mol. The summed E-state index contributed by atoms with van der Waals surface area (Å²) in [5.74, 6) is -0.00757. The Morgan fingerprint density at radius 3 is 2.67 bits per heavy atom. The molecule has 2 atom stereocenters. The standard InChI is InChI=1S/C27H30ClN5O3/c1-15(2)30-24-11-20(21(28)12-29-24)22-9-8-19-13-33(27(36)25(19)31-22)17(4)26(35)32-23(14-34)18-7-5-6-16(3)10-18/h5-12,15,17,23,34H,13-14H2,1-4H3,(H,29,30)(H,32,35)/t17-,23-/m1/s1. The fourth-order valence-corrected chi connectivity index (χ4v) is 4.42. The lowest BCUT2D eigenvalue weighted by Gasteiger charge is -2.26. The van der Waals surface area contributed by atoms with Gasteiger partial charge in [-0.2, -0.15) is 0 Å². The number of fused-ring (bicyclic) bond motifs is 1. The topological polar surface area (TPSA) is 107 Å². The van der Waals surface area contributed by atoms with E-state index < -0.39 is 12.1 Å². The van der Waals surface area contributed by atoms with Crippen molar-refractivity contribution in [2.24, 2.45) is 0 Å². The van der Waals surface area contributed by atoms with E-state index in [4.69, 9.17) is 11.6 Å². The van der Waals surface area contributed by atoms with Crippen molar-refractivity contribution in [2.45, 2.75) is 52.4 Å². The first-order chi connectivity index (χ1) is 17.2. The number of anilines is 1. The molecule has 0 aliphatic carbocycles. The lowest BCUT2D eigenvalue weighted by atomic mass is 10.0. The zero-order valence-corrected chi connectivity index (χ0v) is 21.5. The molecule has 1 aliphatic rings. The van der Waals surface area contributed by atoms with Gasteiger partial charge < -0.3 is 20.6 Å². The molecule has 9 heteroatoms. The maximum atomic E-state index is 13.3. The van der Waals surface area contributed by atoms with E-state index in [2.05, 4.69) is 20.6 Å². The number of aryl methyl sites for hydroxylation is 1. The number of carbonyl (C=O) groups excluding carboxylic acids is 2. The molecule has 3 aromatic rings. The highest BCUT2D eigenvalue weighted by molar-refractivity contribution is 6.33. The Bertz CT molecular complexity index is 1300. The summed E-state index contributed by atoms with van der Waals surface area (Å²) in [5, 5.41) is 16.4. The molecule has 0 fully saturated rings. The summed E-state index contributed by atoms with van der Waals surface area (Å²) in [6.07, 6.45) is 1.56. The van der Waals surface area contributed by atoms with Gasteiger partial charge in [-0.15, -0.1) is 0 Å². The SMILES string of the molecule is Cc1cccc([C@@H](CO)NC(=O)[C@@H](C)N2Cc3ccc(-c4cc(NC(C)C)ncc4Cl)nc3C2=O)c1. The maximum Gasteiger partial charge on any atom is 0.273 e. The first-order valence-electron chi connectivity index (χ1n) is 11.9. The number of hydrogen-bond acceptors (Lipinski definition) is 6. The highest BCUT2D eigenvalue weighted by Crippen LogP contribution is 2.31. The number of carbonyl (C=O) groups is 2. The molecule has 2 aromatic heterocycles. The monoisotopic (exact) mass is 507 g/mol. The molecular formula is C27H30ClN5O3. The van der Waals surface area contributed by atoms with Crippen LogP contribution in [0.3, 0.4) is 0 Å². The van der Waals surface area contributed by atoms with Gasteiger partial charge in [0.2, 0.25) is 5.91 Å². The molecule has 4 rings (SSSR count). The van der Waals surface area contributed by atoms with Crippen molar-refractivity contribution in [2.75, 3.05) is 11.9 Å². The molecule has 0 unspecified atom stereocenters. The quantitative estimate of drug-likeness (QED) is 0.423. The molecule has 0 saturated heterocycles. The van der Waals surface area contributed by atoms with Gasteiger partial charge in [0.05, 0.1) is 23.4 Å². The highest BCUT2D eigenvalue weighted by atomic mass is 35.5. The summed E-state index contributed by atoms with van der Waals surface area (Å²) < 4.78 is 0. The van der Waals surface area contributed by atoms with Crippen LogP contribution in [0, 0.1) is 6.92 Å². The van der Waals surface area contributed by atoms with Gasteiger partial charge in [-0.25, -0.2) is 9.97 Å². The maximum absolute atomic E-state index is 13.3. The van der Waals surface area contributed by atoms with Crippen LogP contribution in [0.5, 0.6) is 0 Å². The van der Waals surface area contributed by atoms with Crippen molar-refractivity contribution in [1.82, 2.24) is 20.2 Å². The molecule has 188 valence electrons. The van der Waals surface area contributed by atoms with E-state index in [1.165, 1.54) is 4.90 Å². The van der Waals surface area contributed by atoms with Gasteiger partial charge in [0, 0.05) is 29.9 Å². The molecule has 8 nitrogen and oxygen atoms in total. The second-order valence-electron chi connectivity index (χ2n) is 9.32. The number of pyridine rings is 2. The van der Waals surface area contributed by atoms with Crippen LogP contribution in [-0.2, 0) is 11.3 Å². The lowest BCUT2D eigenvalue weighted by Crippen LogP contribution is -2.46. The fourth-order valence-electron chi connectivity index (χ4n) is 4.22. The third-order valence-corrected chi connectivity index (χ3v) is 6.44. The van der Waals surface area contributed by atoms with Crippen LogP contribution in [0.15, 0.2) is 48.7 Å². The molecule has 2 amide bonds. The molecule has 0 bridgehead atoms. The van der Waals surface area contributed by atoms with Gasteiger partial charge in [0.15, 0.2) is 0 Å². The van der Waals surface area contributed by atoms with Gasteiger partial charge in [-0.3, -0.25) is 9.59 Å². The number of aliphatic hydroxyl groups is 1. The summed E-state index contributed by atoms with van der Waals surface area (Å²) >= 11 is 6.40. The number of nitrogens with zero attached hydrogens (tertiary/aromatic N) is 3. The van der Waals surface area contributed by atoms with Gasteiger partial charge >= 0.3 is 0 Å². The molecule has 1 aliphatic heterocycles. The molecule has 0 spiro atoms. The second kappa shape index (κ2) is 10.6. The van der Waals surface area contributed by atoms with Gasteiger partial charge in [-0.1, -0.05) is 47.5 Å². The average Bonchev–Trinajstić information content (AvgIpc) is 3.18. The van der Waals surface area contributed by atoms with Crippen LogP contribution in [0.25, 0.3) is 11.3 Å². The van der Waals surface area contributed by atoms with Crippen molar-refractivity contribution in [3.8, 4) is 11.3 Å². The predicted octanol–water partition coefficient (Wildman–Crippen LogP) is 4.12. The first-order valence-corrected chi connectivity index (χ1v) is 12.3. The Hall–Kier alpha value is -3.49. The van der Waals surface area contributed by atoms with Crippen LogP contribution in [0.1, 0.15) is 54.0 Å². The molecule has 1 aromatic carbocycles. The Labute approximate surface area is 215 Å². The molecule has 3 N–H and O–H groups in total. The molecule has 36 heavy (non-hydrogen) atoms. The summed E-state index contributed by atoms with van der Waals surface area (Å²) in [6, 6.07) is 12.0. The summed E-state index contributed by atoms with van der Waals surface area (Å²) in [6.45, 7) is 7.67. The smallest absolute Gasteiger partial charge is 0.273 e. The van der Waals surface area contributed by atoms with Gasteiger partial charge in [0.25, 0.3) is 5.91 Å². The number of halogens is 1. The van der Waals surface area contributed by atoms with E-state index in [1.54, 1.807) is 13.1 Å². The minimum Gasteiger partial charge on any atom is -0.394 e. The normalized spacial score (nSPS) is 14.5. The third kappa shape index (κ3) is 5.34. The minimum absolute atomic E-state index is 0.193. The zero-order chi connectivity index (χ0) is 26.0. The summed E-state index contributed by atoms with van der Waals surface area (Å²) in [7, 11) is 0. The Kier molecular flexibility index (Phi) is 7.56. The Morgan fingerprint density at radius 1 is 1.19 bits per heavy atom. The average molecular weight is 508 g/mol. The number of aliphatic hydroxyl groups excluding tert-OH is 1. The molecule has 0 radical (unpaired) electrons. The van der Waals surface area contributed by atoms with Crippen LogP contribution in [0.2, 0.25) is 5.02 Å². The van der Waals surface area contributed by atoms with Crippen LogP contribution < -0.4 is 10.6 Å². The van der Waals surface area contributed by atoms with Crippen LogP contribution in [0.4, 0.5) is 5.82 Å². The van der Waals surface area contributed by atoms with E-state index >= 15 is 0 Å². The van der Waals surface area contributed by atoms with Crippen LogP contribution in [-0.4, -0.2) is 50.5 Å². The number of benzene rings is 1. The second-order valence-corrected chi connectivity index (χ2v) is 9.73. The number of rotatable bonds is 8. The van der Waals surface area contributed by atoms with E-state index in [0.29, 0.717) is 27.8 Å². The third-order valence-electron chi connectivity index (χ3n) is 6.14. The van der Waals surface area contributed by atoms with Gasteiger partial charge in [-0.05, 0) is 45.4 Å². The van der Waals surface area contributed by atoms with E-state index in [1.807, 2.05) is 63.2 Å².